The molecule has 2 aromatic rings. The Labute approximate surface area is 180 Å². The van der Waals surface area contributed by atoms with Crippen LogP contribution in [0.5, 0.6) is 0 Å². The second-order valence-corrected chi connectivity index (χ2v) is 8.79. The highest BCUT2D eigenvalue weighted by atomic mass is 16.3. The van der Waals surface area contributed by atoms with Crippen molar-refractivity contribution < 1.29 is 19.5 Å². The van der Waals surface area contributed by atoms with Gasteiger partial charge < -0.3 is 10.4 Å². The van der Waals surface area contributed by atoms with Crippen molar-refractivity contribution in [1.82, 2.24) is 10.2 Å². The van der Waals surface area contributed by atoms with Crippen LogP contribution in [0.2, 0.25) is 0 Å². The van der Waals surface area contributed by atoms with Crippen molar-refractivity contribution in [3.63, 3.8) is 0 Å². The van der Waals surface area contributed by atoms with Gasteiger partial charge in [-0.1, -0.05) is 48.0 Å². The molecule has 3 amide bonds. The van der Waals surface area contributed by atoms with Crippen molar-refractivity contribution in [1.29, 1.82) is 0 Å². The third-order valence-electron chi connectivity index (χ3n) is 6.88. The summed E-state index contributed by atoms with van der Waals surface area (Å²) in [5.41, 5.74) is 1.92. The molecule has 3 aliphatic heterocycles. The van der Waals surface area contributed by atoms with E-state index in [0.29, 0.717) is 17.7 Å². The molecule has 5 atom stereocenters. The van der Waals surface area contributed by atoms with Crippen molar-refractivity contribution in [3.8, 4) is 0 Å². The van der Waals surface area contributed by atoms with Crippen molar-refractivity contribution >= 4 is 23.4 Å². The summed E-state index contributed by atoms with van der Waals surface area (Å²) in [7, 11) is 0. The highest BCUT2D eigenvalue weighted by Gasteiger charge is 2.70. The number of nitrogens with zero attached hydrogens (tertiary/aromatic N) is 1. The number of fused-ring (bicyclic) bond motifs is 4. The van der Waals surface area contributed by atoms with E-state index in [4.69, 9.17) is 0 Å². The van der Waals surface area contributed by atoms with Crippen LogP contribution in [0.4, 0.5) is 5.69 Å². The summed E-state index contributed by atoms with van der Waals surface area (Å²) in [6.45, 7) is 3.75. The summed E-state index contributed by atoms with van der Waals surface area (Å²) >= 11 is 0. The highest BCUT2D eigenvalue weighted by Crippen LogP contribution is 2.53. The van der Waals surface area contributed by atoms with Gasteiger partial charge in [0.2, 0.25) is 17.7 Å². The summed E-state index contributed by atoms with van der Waals surface area (Å²) in [5, 5.41) is 16.6. The number of hydrogen-bond acceptors (Lipinski definition) is 5. The van der Waals surface area contributed by atoms with Gasteiger partial charge in [0.1, 0.15) is 5.54 Å². The van der Waals surface area contributed by atoms with E-state index < -0.39 is 29.5 Å². The van der Waals surface area contributed by atoms with Crippen molar-refractivity contribution in [2.24, 2.45) is 11.8 Å². The number of aliphatic hydroxyl groups is 1. The van der Waals surface area contributed by atoms with Crippen LogP contribution < -0.4 is 10.6 Å². The zero-order chi connectivity index (χ0) is 21.9. The first kappa shape index (κ1) is 19.9. The molecule has 5 rings (SSSR count). The molecular formula is C24H25N3O4. The minimum Gasteiger partial charge on any atom is -0.392 e. The molecule has 1 spiro atoms. The van der Waals surface area contributed by atoms with E-state index in [1.807, 2.05) is 55.5 Å². The van der Waals surface area contributed by atoms with Crippen LogP contribution in [0, 0.1) is 18.8 Å². The Morgan fingerprint density at radius 3 is 2.55 bits per heavy atom. The van der Waals surface area contributed by atoms with Crippen molar-refractivity contribution in [3.05, 3.63) is 65.2 Å². The first-order valence-corrected chi connectivity index (χ1v) is 10.6. The van der Waals surface area contributed by atoms with E-state index in [0.717, 1.165) is 11.1 Å². The lowest BCUT2D eigenvalue weighted by atomic mass is 9.76. The Morgan fingerprint density at radius 2 is 1.84 bits per heavy atom. The van der Waals surface area contributed by atoms with Crippen LogP contribution in [0.1, 0.15) is 23.6 Å². The van der Waals surface area contributed by atoms with Crippen LogP contribution in [0.25, 0.3) is 0 Å². The number of imide groups is 1. The maximum atomic E-state index is 13.6. The molecule has 0 bridgehead atoms. The molecule has 0 saturated carbocycles. The average molecular weight is 419 g/mol. The second kappa shape index (κ2) is 7.00. The molecule has 2 saturated heterocycles. The summed E-state index contributed by atoms with van der Waals surface area (Å²) in [5.74, 6) is -2.71. The zero-order valence-electron chi connectivity index (χ0n) is 17.5. The number of benzene rings is 2. The monoisotopic (exact) mass is 419 g/mol. The Bertz CT molecular complexity index is 1080. The Balaban J connectivity index is 1.55. The molecule has 160 valence electrons. The first-order valence-electron chi connectivity index (χ1n) is 10.6. The predicted molar refractivity (Wildman–Crippen MR) is 114 cm³/mol. The van der Waals surface area contributed by atoms with Gasteiger partial charge in [-0.15, -0.1) is 0 Å². The Kier molecular flexibility index (Phi) is 4.50. The fourth-order valence-electron chi connectivity index (χ4n) is 5.43. The number of likely N-dealkylation sites (tertiary alicyclic amines) is 1. The lowest BCUT2D eigenvalue weighted by molar-refractivity contribution is -0.143. The first-order chi connectivity index (χ1) is 14.8. The molecule has 7 nitrogen and oxygen atoms in total. The number of carbonyl (C=O) groups is 3. The number of carbonyl (C=O) groups excluding carboxylic acids is 3. The van der Waals surface area contributed by atoms with Gasteiger partial charge in [-0.2, -0.15) is 0 Å². The SMILES string of the molecule is Cc1ccc2c(c1)[C@@]1(N[C@@H]([C@H](C)O)[C@H]3C(=O)N(CCc4ccccc4)C(=O)[C@H]31)C(=O)N2. The highest BCUT2D eigenvalue weighted by molar-refractivity contribution is 6.15. The van der Waals surface area contributed by atoms with Gasteiger partial charge in [-0.05, 0) is 31.9 Å². The van der Waals surface area contributed by atoms with Crippen LogP contribution >= 0.6 is 0 Å². The molecule has 2 aromatic carbocycles. The fraction of sp³-hybridized carbons (Fsp3) is 0.375. The molecule has 3 N–H and O–H groups in total. The number of anilines is 1. The molecule has 0 unspecified atom stereocenters. The van der Waals surface area contributed by atoms with Crippen LogP contribution in [0.3, 0.4) is 0 Å². The van der Waals surface area contributed by atoms with E-state index in [2.05, 4.69) is 10.6 Å². The number of aliphatic hydroxyl groups excluding tert-OH is 1. The number of aryl methyl sites for hydroxylation is 1. The van der Waals surface area contributed by atoms with E-state index in [1.165, 1.54) is 4.90 Å². The number of amides is 3. The molecule has 3 heterocycles. The number of nitrogens with one attached hydrogen (secondary N) is 2. The number of hydrogen-bond donors (Lipinski definition) is 3. The summed E-state index contributed by atoms with van der Waals surface area (Å²) in [6.07, 6.45) is -0.362. The van der Waals surface area contributed by atoms with Gasteiger partial charge in [0.15, 0.2) is 0 Å². The molecule has 0 aliphatic carbocycles. The number of rotatable bonds is 4. The van der Waals surface area contributed by atoms with E-state index in [1.54, 1.807) is 6.92 Å². The van der Waals surface area contributed by atoms with Gasteiger partial charge in [0, 0.05) is 23.8 Å². The van der Waals surface area contributed by atoms with Crippen LogP contribution in [0.15, 0.2) is 48.5 Å². The molecule has 3 aliphatic rings. The fourth-order valence-corrected chi connectivity index (χ4v) is 5.43. The van der Waals surface area contributed by atoms with Gasteiger partial charge in [-0.3, -0.25) is 24.6 Å². The average Bonchev–Trinajstić information content (AvgIpc) is 3.33. The lowest BCUT2D eigenvalue weighted by Gasteiger charge is -2.30. The maximum absolute atomic E-state index is 13.6. The van der Waals surface area contributed by atoms with Gasteiger partial charge in [-0.25, -0.2) is 0 Å². The standard InChI is InChI=1S/C24H25N3O4/c1-13-8-9-17-16(12-13)24(23(31)25-17)19-18(20(26-24)14(2)28)21(29)27(22(19)30)11-10-15-6-4-3-5-7-15/h3-9,12,14,18-20,26,28H,10-11H2,1-2H3,(H,25,31)/t14-,18-,19-,20-,24-/m0/s1. The van der Waals surface area contributed by atoms with Gasteiger partial charge in [0.05, 0.1) is 17.9 Å². The van der Waals surface area contributed by atoms with Gasteiger partial charge >= 0.3 is 0 Å². The minimum absolute atomic E-state index is 0.250. The second-order valence-electron chi connectivity index (χ2n) is 8.79. The molecule has 2 fully saturated rings. The minimum atomic E-state index is -1.36. The van der Waals surface area contributed by atoms with E-state index in [9.17, 15) is 19.5 Å². The van der Waals surface area contributed by atoms with Gasteiger partial charge in [0.25, 0.3) is 0 Å². The smallest absolute Gasteiger partial charge is 0.250 e. The van der Waals surface area contributed by atoms with E-state index >= 15 is 0 Å². The quantitative estimate of drug-likeness (QED) is 0.650. The third-order valence-corrected chi connectivity index (χ3v) is 6.88. The summed E-state index contributed by atoms with van der Waals surface area (Å²) in [6, 6.07) is 14.6. The van der Waals surface area contributed by atoms with Crippen LogP contribution in [-0.2, 0) is 26.3 Å². The summed E-state index contributed by atoms with van der Waals surface area (Å²) in [4.78, 5) is 41.5. The third kappa shape index (κ3) is 2.77. The topological polar surface area (TPSA) is 98.7 Å². The van der Waals surface area contributed by atoms with Crippen molar-refractivity contribution in [2.45, 2.75) is 38.0 Å². The molecule has 0 aromatic heterocycles. The Hall–Kier alpha value is -3.03. The lowest BCUT2D eigenvalue weighted by Crippen LogP contribution is -2.55. The molecular weight excluding hydrogens is 394 g/mol. The zero-order valence-corrected chi connectivity index (χ0v) is 17.5. The molecule has 31 heavy (non-hydrogen) atoms. The predicted octanol–water partition coefficient (Wildman–Crippen LogP) is 1.34. The van der Waals surface area contributed by atoms with Crippen molar-refractivity contribution in [2.75, 3.05) is 11.9 Å². The summed E-state index contributed by atoms with van der Waals surface area (Å²) < 4.78 is 0. The maximum Gasteiger partial charge on any atom is 0.250 e. The van der Waals surface area contributed by atoms with E-state index in [-0.39, 0.29) is 24.3 Å². The molecule has 7 heteroatoms. The molecule has 0 radical (unpaired) electrons. The Morgan fingerprint density at radius 1 is 1.10 bits per heavy atom. The largest absolute Gasteiger partial charge is 0.392 e. The normalized spacial score (nSPS) is 30.0. The van der Waals surface area contributed by atoms with Crippen LogP contribution in [-0.4, -0.2) is 46.4 Å².